The number of alkyl halides is 3. The van der Waals surface area contributed by atoms with E-state index in [1.165, 1.54) is 6.07 Å². The standard InChI is InChI=1S/C18H29F3NO4P/c1-2-3-4-5-10-25-16-7-6-14(11-15(16)18(19,20)21)8-9-17(22,12-23)13-26-27-24/h6-7,11,23H,2-5,8-10,12-13,22,27H2,1H3. The summed E-state index contributed by atoms with van der Waals surface area (Å²) in [7, 11) is -1.46. The first-order valence-electron chi connectivity index (χ1n) is 9.03. The number of unbranched alkanes of at least 4 members (excludes halogenated alkanes) is 3. The Balaban J connectivity index is 2.81. The van der Waals surface area contributed by atoms with E-state index in [2.05, 4.69) is 6.92 Å². The summed E-state index contributed by atoms with van der Waals surface area (Å²) in [5.41, 5.74) is 4.41. The third-order valence-corrected chi connectivity index (χ3v) is 4.57. The number of aryl methyl sites for hydroxylation is 1. The zero-order valence-corrected chi connectivity index (χ0v) is 16.7. The second-order valence-corrected chi connectivity index (χ2v) is 7.19. The number of rotatable bonds is 13. The molecule has 27 heavy (non-hydrogen) atoms. The van der Waals surface area contributed by atoms with Crippen LogP contribution in [0.15, 0.2) is 18.2 Å². The monoisotopic (exact) mass is 411 g/mol. The fraction of sp³-hybridized carbons (Fsp3) is 0.667. The minimum atomic E-state index is -4.53. The van der Waals surface area contributed by atoms with E-state index in [1.54, 1.807) is 6.07 Å². The van der Waals surface area contributed by atoms with Gasteiger partial charge in [-0.2, -0.15) is 13.2 Å². The van der Waals surface area contributed by atoms with Gasteiger partial charge >= 0.3 is 6.18 Å². The third kappa shape index (κ3) is 8.64. The Hall–Kier alpha value is -1.08. The average Bonchev–Trinajstić information content (AvgIpc) is 2.64. The van der Waals surface area contributed by atoms with Crippen LogP contribution in [0.25, 0.3) is 0 Å². The van der Waals surface area contributed by atoms with Gasteiger partial charge in [0, 0.05) is 0 Å². The molecule has 0 heterocycles. The highest BCUT2D eigenvalue weighted by Gasteiger charge is 2.35. The molecule has 0 radical (unpaired) electrons. The molecule has 0 aliphatic carbocycles. The van der Waals surface area contributed by atoms with Gasteiger partial charge < -0.3 is 20.1 Å². The predicted molar refractivity (Wildman–Crippen MR) is 99.8 cm³/mol. The highest BCUT2D eigenvalue weighted by Crippen LogP contribution is 2.37. The number of benzene rings is 1. The van der Waals surface area contributed by atoms with Crippen LogP contribution < -0.4 is 10.5 Å². The normalized spacial score (nSPS) is 14.6. The number of ether oxygens (including phenoxy) is 1. The molecule has 2 unspecified atom stereocenters. The van der Waals surface area contributed by atoms with Crippen molar-refractivity contribution in [3.8, 4) is 5.75 Å². The molecule has 0 saturated carbocycles. The van der Waals surface area contributed by atoms with Crippen molar-refractivity contribution in [1.82, 2.24) is 0 Å². The van der Waals surface area contributed by atoms with Crippen molar-refractivity contribution < 1.29 is 32.1 Å². The first-order valence-corrected chi connectivity index (χ1v) is 9.98. The van der Waals surface area contributed by atoms with E-state index in [-0.39, 0.29) is 31.8 Å². The molecule has 1 aromatic carbocycles. The molecule has 0 aliphatic heterocycles. The van der Waals surface area contributed by atoms with Crippen LogP contribution in [0.2, 0.25) is 0 Å². The lowest BCUT2D eigenvalue weighted by Crippen LogP contribution is -2.47. The highest BCUT2D eigenvalue weighted by atomic mass is 31.1. The first-order chi connectivity index (χ1) is 12.8. The van der Waals surface area contributed by atoms with Crippen LogP contribution >= 0.6 is 8.69 Å². The van der Waals surface area contributed by atoms with Crippen LogP contribution in [0.5, 0.6) is 5.75 Å². The molecule has 0 amide bonds. The Morgan fingerprint density at radius 2 is 1.96 bits per heavy atom. The molecule has 3 N–H and O–H groups in total. The molecule has 2 atom stereocenters. The summed E-state index contributed by atoms with van der Waals surface area (Å²) < 4.78 is 60.7. The van der Waals surface area contributed by atoms with Crippen LogP contribution in [-0.4, -0.2) is 30.5 Å². The number of nitrogens with two attached hydrogens (primary N) is 1. The van der Waals surface area contributed by atoms with Crippen LogP contribution in [0.1, 0.15) is 50.2 Å². The van der Waals surface area contributed by atoms with Gasteiger partial charge in [0.15, 0.2) is 8.69 Å². The van der Waals surface area contributed by atoms with Crippen molar-refractivity contribution in [2.75, 3.05) is 19.8 Å². The maximum Gasteiger partial charge on any atom is 0.419 e. The minimum absolute atomic E-state index is 0.118. The number of hydrogen-bond donors (Lipinski definition) is 2. The molecule has 0 spiro atoms. The summed E-state index contributed by atoms with van der Waals surface area (Å²) in [5.74, 6) is -0.179. The zero-order chi connectivity index (χ0) is 20.3. The lowest BCUT2D eigenvalue weighted by Gasteiger charge is -2.26. The molecule has 0 fully saturated rings. The Kier molecular flexibility index (Phi) is 10.4. The van der Waals surface area contributed by atoms with E-state index in [0.717, 1.165) is 25.3 Å². The largest absolute Gasteiger partial charge is 0.493 e. The summed E-state index contributed by atoms with van der Waals surface area (Å²) in [6, 6.07) is 3.94. The van der Waals surface area contributed by atoms with E-state index in [4.69, 9.17) is 15.0 Å². The molecular weight excluding hydrogens is 382 g/mol. The molecule has 156 valence electrons. The Morgan fingerprint density at radius 1 is 1.22 bits per heavy atom. The second-order valence-electron chi connectivity index (χ2n) is 6.67. The molecule has 5 nitrogen and oxygen atoms in total. The lowest BCUT2D eigenvalue weighted by atomic mass is 9.93. The van der Waals surface area contributed by atoms with Gasteiger partial charge in [0.2, 0.25) is 0 Å². The van der Waals surface area contributed by atoms with Crippen molar-refractivity contribution in [3.05, 3.63) is 29.3 Å². The summed E-state index contributed by atoms with van der Waals surface area (Å²) in [4.78, 5) is 0. The average molecular weight is 411 g/mol. The molecule has 0 bridgehead atoms. The van der Waals surface area contributed by atoms with Gasteiger partial charge in [-0.25, -0.2) is 0 Å². The Bertz CT molecular complexity index is 586. The van der Waals surface area contributed by atoms with Crippen LogP contribution in [0, 0.1) is 0 Å². The van der Waals surface area contributed by atoms with E-state index in [1.807, 2.05) is 0 Å². The topological polar surface area (TPSA) is 81.8 Å². The number of aliphatic hydroxyl groups excluding tert-OH is 1. The van der Waals surface area contributed by atoms with Gasteiger partial charge in [0.25, 0.3) is 0 Å². The molecule has 0 saturated heterocycles. The van der Waals surface area contributed by atoms with Gasteiger partial charge in [0.1, 0.15) is 5.75 Å². The molecule has 1 aromatic rings. The summed E-state index contributed by atoms with van der Waals surface area (Å²) in [5, 5.41) is 9.38. The van der Waals surface area contributed by atoms with Gasteiger partial charge in [-0.3, -0.25) is 4.57 Å². The van der Waals surface area contributed by atoms with Crippen LogP contribution in [-0.2, 0) is 21.7 Å². The van der Waals surface area contributed by atoms with Crippen molar-refractivity contribution in [3.63, 3.8) is 0 Å². The Morgan fingerprint density at radius 3 is 2.56 bits per heavy atom. The smallest absolute Gasteiger partial charge is 0.419 e. The van der Waals surface area contributed by atoms with Crippen molar-refractivity contribution in [1.29, 1.82) is 0 Å². The number of halogens is 3. The number of aliphatic hydroxyl groups is 1. The predicted octanol–water partition coefficient (Wildman–Crippen LogP) is 3.97. The first kappa shape index (κ1) is 24.0. The van der Waals surface area contributed by atoms with Gasteiger partial charge in [-0.05, 0) is 37.0 Å². The fourth-order valence-corrected chi connectivity index (χ4v) is 2.98. The second kappa shape index (κ2) is 11.7. The number of hydrogen-bond acceptors (Lipinski definition) is 5. The zero-order valence-electron chi connectivity index (χ0n) is 15.6. The highest BCUT2D eigenvalue weighted by molar-refractivity contribution is 7.17. The molecule has 1 rings (SSSR count). The van der Waals surface area contributed by atoms with E-state index in [9.17, 15) is 22.8 Å². The summed E-state index contributed by atoms with van der Waals surface area (Å²) in [6.45, 7) is 1.76. The summed E-state index contributed by atoms with van der Waals surface area (Å²) >= 11 is 0. The fourth-order valence-electron chi connectivity index (χ4n) is 2.58. The maximum atomic E-state index is 13.4. The summed E-state index contributed by atoms with van der Waals surface area (Å²) in [6.07, 6.45) is -0.423. The molecular formula is C18H29F3NO4P. The van der Waals surface area contributed by atoms with E-state index >= 15 is 0 Å². The maximum absolute atomic E-state index is 13.4. The SMILES string of the molecule is CCCCCCOc1ccc(CCC(N)(CO)CO[PH2]=O)cc1C(F)(F)F. The van der Waals surface area contributed by atoms with E-state index in [0.29, 0.717) is 12.0 Å². The van der Waals surface area contributed by atoms with Crippen molar-refractivity contribution in [2.24, 2.45) is 5.73 Å². The minimum Gasteiger partial charge on any atom is -0.493 e. The van der Waals surface area contributed by atoms with Crippen LogP contribution in [0.4, 0.5) is 13.2 Å². The van der Waals surface area contributed by atoms with Crippen LogP contribution in [0.3, 0.4) is 0 Å². The Labute approximate surface area is 159 Å². The lowest BCUT2D eigenvalue weighted by molar-refractivity contribution is -0.139. The van der Waals surface area contributed by atoms with Gasteiger partial charge in [0.05, 0.1) is 30.9 Å². The van der Waals surface area contributed by atoms with Crippen molar-refractivity contribution >= 4 is 8.69 Å². The third-order valence-electron chi connectivity index (χ3n) is 4.27. The molecule has 9 heteroatoms. The van der Waals surface area contributed by atoms with E-state index < -0.39 is 32.6 Å². The van der Waals surface area contributed by atoms with Gasteiger partial charge in [-0.15, -0.1) is 0 Å². The molecule has 0 aliphatic rings. The molecule has 0 aromatic heterocycles. The van der Waals surface area contributed by atoms with Crippen molar-refractivity contribution in [2.45, 2.75) is 57.2 Å². The quantitative estimate of drug-likeness (QED) is 0.379. The van der Waals surface area contributed by atoms with Gasteiger partial charge in [-0.1, -0.05) is 32.3 Å².